The van der Waals surface area contributed by atoms with Gasteiger partial charge in [-0.15, -0.1) is 0 Å². The lowest BCUT2D eigenvalue weighted by Crippen LogP contribution is -2.21. The Balaban J connectivity index is -0.000000239. The SMILES string of the molecule is CC(C)=C/C=C(\C)O.COC(C)C.C[C@@H](C=O)NP(C)O. The molecule has 0 aromatic heterocycles. The fourth-order valence-corrected chi connectivity index (χ4v) is 1.26. The lowest BCUT2D eigenvalue weighted by atomic mass is 10.3. The Hall–Kier alpha value is -0.740. The molecule has 0 aromatic carbocycles. The second-order valence-electron chi connectivity index (χ2n) is 4.91. The molecule has 2 atom stereocenters. The molecule has 0 aliphatic rings. The number of rotatable bonds is 5. The summed E-state index contributed by atoms with van der Waals surface area (Å²) < 4.78 is 4.75. The highest BCUT2D eigenvalue weighted by atomic mass is 31.2. The quantitative estimate of drug-likeness (QED) is 0.312. The summed E-state index contributed by atoms with van der Waals surface area (Å²) in [5, 5.41) is 11.3. The third-order valence-corrected chi connectivity index (χ3v) is 2.50. The summed E-state index contributed by atoms with van der Waals surface area (Å²) in [6.07, 6.45) is 4.69. The number of methoxy groups -OCH3 is 1. The van der Waals surface area contributed by atoms with E-state index in [1.54, 1.807) is 33.7 Å². The number of aldehydes is 1. The molecule has 0 saturated heterocycles. The van der Waals surface area contributed by atoms with Crippen LogP contribution in [0.15, 0.2) is 23.5 Å². The molecular formula is C15H32NO4P. The van der Waals surface area contributed by atoms with Crippen LogP contribution in [0.2, 0.25) is 0 Å². The molecule has 3 N–H and O–H groups in total. The van der Waals surface area contributed by atoms with Crippen LogP contribution in [0.4, 0.5) is 0 Å². The summed E-state index contributed by atoms with van der Waals surface area (Å²) in [6, 6.07) is -0.226. The zero-order valence-corrected chi connectivity index (χ0v) is 15.4. The number of aliphatic hydroxyl groups is 1. The van der Waals surface area contributed by atoms with Gasteiger partial charge in [0.25, 0.3) is 0 Å². The molecule has 0 amide bonds. The van der Waals surface area contributed by atoms with Gasteiger partial charge >= 0.3 is 0 Å². The topological polar surface area (TPSA) is 78.8 Å². The molecule has 0 aromatic rings. The number of aliphatic hydroxyl groups excluding tert-OH is 1. The summed E-state index contributed by atoms with van der Waals surface area (Å²) in [5.41, 5.74) is 1.19. The molecule has 0 saturated carbocycles. The number of hydrogen-bond acceptors (Lipinski definition) is 5. The van der Waals surface area contributed by atoms with Gasteiger partial charge in [-0.2, -0.15) is 0 Å². The zero-order chi connectivity index (χ0) is 17.4. The first-order chi connectivity index (χ1) is 9.56. The Morgan fingerprint density at radius 1 is 1.19 bits per heavy atom. The van der Waals surface area contributed by atoms with Crippen LogP contribution in [0.3, 0.4) is 0 Å². The van der Waals surface area contributed by atoms with Crippen molar-refractivity contribution in [2.24, 2.45) is 0 Å². The van der Waals surface area contributed by atoms with Gasteiger partial charge in [0.15, 0.2) is 0 Å². The van der Waals surface area contributed by atoms with Crippen LogP contribution in [0.5, 0.6) is 0 Å². The van der Waals surface area contributed by atoms with E-state index in [0.29, 0.717) is 11.9 Å². The molecule has 21 heavy (non-hydrogen) atoms. The molecule has 0 aliphatic heterocycles. The summed E-state index contributed by atoms with van der Waals surface area (Å²) in [7, 11) is 0.572. The maximum absolute atomic E-state index is 9.88. The minimum atomic E-state index is -1.13. The van der Waals surface area contributed by atoms with E-state index in [1.807, 2.05) is 33.8 Å². The van der Waals surface area contributed by atoms with E-state index < -0.39 is 8.30 Å². The predicted octanol–water partition coefficient (Wildman–Crippen LogP) is 3.55. The van der Waals surface area contributed by atoms with Gasteiger partial charge in [0, 0.05) is 7.11 Å². The molecule has 0 rings (SSSR count). The van der Waals surface area contributed by atoms with Crippen molar-refractivity contribution in [1.29, 1.82) is 0 Å². The Morgan fingerprint density at radius 3 is 1.71 bits per heavy atom. The number of nitrogens with one attached hydrogen (secondary N) is 1. The van der Waals surface area contributed by atoms with Gasteiger partial charge in [-0.1, -0.05) is 11.6 Å². The fraction of sp³-hybridized carbons (Fsp3) is 0.667. The molecule has 6 heteroatoms. The average Bonchev–Trinajstić information content (AvgIpc) is 2.36. The first kappa shape index (κ1) is 25.2. The summed E-state index contributed by atoms with van der Waals surface area (Å²) in [6.45, 7) is 13.0. The van der Waals surface area contributed by atoms with Crippen molar-refractivity contribution >= 4 is 14.6 Å². The Morgan fingerprint density at radius 2 is 1.62 bits per heavy atom. The van der Waals surface area contributed by atoms with Crippen LogP contribution in [0, 0.1) is 0 Å². The Bertz CT molecular complexity index is 278. The van der Waals surface area contributed by atoms with Crippen molar-refractivity contribution in [1.82, 2.24) is 5.09 Å². The molecule has 1 unspecified atom stereocenters. The molecule has 0 fully saturated rings. The third-order valence-electron chi connectivity index (χ3n) is 1.72. The Kier molecular flexibility index (Phi) is 20.8. The van der Waals surface area contributed by atoms with E-state index >= 15 is 0 Å². The monoisotopic (exact) mass is 321 g/mol. The lowest BCUT2D eigenvalue weighted by Gasteiger charge is -2.07. The van der Waals surface area contributed by atoms with Crippen LogP contribution in [-0.4, -0.2) is 42.2 Å². The normalized spacial score (nSPS) is 13.1. The Labute approximate surface area is 131 Å². The van der Waals surface area contributed by atoms with Crippen LogP contribution in [-0.2, 0) is 9.53 Å². The highest BCUT2D eigenvalue weighted by Crippen LogP contribution is 2.16. The number of hydrogen-bond donors (Lipinski definition) is 3. The van der Waals surface area contributed by atoms with Crippen molar-refractivity contribution in [3.8, 4) is 0 Å². The molecule has 0 bridgehead atoms. The first-order valence-corrected chi connectivity index (χ1v) is 8.48. The van der Waals surface area contributed by atoms with Crippen LogP contribution in [0.25, 0.3) is 0 Å². The summed E-state index contributed by atoms with van der Waals surface area (Å²) in [5.74, 6) is 0.353. The second-order valence-corrected chi connectivity index (χ2v) is 6.22. The predicted molar refractivity (Wildman–Crippen MR) is 91.7 cm³/mol. The maximum Gasteiger partial charge on any atom is 0.136 e. The second kappa shape index (κ2) is 17.3. The maximum atomic E-state index is 9.88. The molecule has 0 aliphatic carbocycles. The van der Waals surface area contributed by atoms with Gasteiger partial charge in [0.2, 0.25) is 0 Å². The lowest BCUT2D eigenvalue weighted by molar-refractivity contribution is -0.108. The first-order valence-electron chi connectivity index (χ1n) is 6.74. The standard InChI is InChI=1S/C7H12O.C4H10NO2P.C4H10O/c1-6(2)4-5-7(3)8;1-4(3-6)5-8(2)7;1-4(2)5-3/h4-5,8H,1-3H3;3-5,7H,1-2H3;4H,1-3H3/b7-5+;;/t;4-,8?;/m.0./s1. The third kappa shape index (κ3) is 38.2. The van der Waals surface area contributed by atoms with E-state index in [-0.39, 0.29) is 6.04 Å². The summed E-state index contributed by atoms with van der Waals surface area (Å²) >= 11 is 0. The molecule has 0 heterocycles. The fourth-order valence-electron chi connectivity index (χ4n) is 0.612. The van der Waals surface area contributed by atoms with Crippen molar-refractivity contribution in [2.45, 2.75) is 53.7 Å². The van der Waals surface area contributed by atoms with Crippen LogP contribution >= 0.6 is 8.30 Å². The van der Waals surface area contributed by atoms with Crippen molar-refractivity contribution < 1.29 is 19.5 Å². The van der Waals surface area contributed by atoms with Crippen LogP contribution < -0.4 is 5.09 Å². The van der Waals surface area contributed by atoms with Crippen molar-refractivity contribution in [3.63, 3.8) is 0 Å². The van der Waals surface area contributed by atoms with Gasteiger partial charge in [0.05, 0.1) is 26.2 Å². The van der Waals surface area contributed by atoms with E-state index in [9.17, 15) is 4.79 Å². The van der Waals surface area contributed by atoms with Gasteiger partial charge in [0.1, 0.15) is 6.29 Å². The molecule has 5 nitrogen and oxygen atoms in total. The molecule has 126 valence electrons. The van der Waals surface area contributed by atoms with E-state index in [1.165, 1.54) is 5.57 Å². The molecule has 0 radical (unpaired) electrons. The van der Waals surface area contributed by atoms with Gasteiger partial charge in [-0.25, -0.2) is 0 Å². The average molecular weight is 321 g/mol. The number of ether oxygens (including phenoxy) is 1. The van der Waals surface area contributed by atoms with Gasteiger partial charge < -0.3 is 19.5 Å². The van der Waals surface area contributed by atoms with Gasteiger partial charge in [-0.3, -0.25) is 5.09 Å². The molecular weight excluding hydrogens is 289 g/mol. The minimum absolute atomic E-state index is 0.226. The largest absolute Gasteiger partial charge is 0.513 e. The van der Waals surface area contributed by atoms with Gasteiger partial charge in [-0.05, 0) is 54.3 Å². The van der Waals surface area contributed by atoms with E-state index in [0.717, 1.165) is 6.29 Å². The van der Waals surface area contributed by atoms with Crippen LogP contribution in [0.1, 0.15) is 41.5 Å². The summed E-state index contributed by atoms with van der Waals surface area (Å²) in [4.78, 5) is 18.5. The minimum Gasteiger partial charge on any atom is -0.513 e. The molecule has 0 spiro atoms. The van der Waals surface area contributed by atoms with E-state index in [2.05, 4.69) is 5.09 Å². The smallest absolute Gasteiger partial charge is 0.136 e. The highest BCUT2D eigenvalue weighted by molar-refractivity contribution is 7.48. The van der Waals surface area contributed by atoms with E-state index in [4.69, 9.17) is 14.7 Å². The van der Waals surface area contributed by atoms with Crippen molar-refractivity contribution in [2.75, 3.05) is 13.8 Å². The number of carbonyl (C=O) groups is 1. The van der Waals surface area contributed by atoms with Crippen molar-refractivity contribution in [3.05, 3.63) is 23.5 Å². The zero-order valence-electron chi connectivity index (χ0n) is 14.5. The number of carbonyl (C=O) groups excluding carboxylic acids is 1. The highest BCUT2D eigenvalue weighted by Gasteiger charge is 1.99. The number of allylic oxidation sites excluding steroid dienone is 4.